The zero-order valence-corrected chi connectivity index (χ0v) is 5.28. The van der Waals surface area contributed by atoms with Crippen LogP contribution >= 0.6 is 0 Å². The van der Waals surface area contributed by atoms with Crippen LogP contribution in [-0.2, 0) is 6.54 Å². The molecule has 0 saturated carbocycles. The third kappa shape index (κ3) is 1.64. The van der Waals surface area contributed by atoms with Crippen LogP contribution in [0.2, 0.25) is 0 Å². The van der Waals surface area contributed by atoms with E-state index in [1.807, 2.05) is 6.92 Å². The fourth-order valence-electron chi connectivity index (χ4n) is 0.502. The minimum absolute atomic E-state index is 0.653. The Morgan fingerprint density at radius 1 is 1.78 bits per heavy atom. The van der Waals surface area contributed by atoms with Gasteiger partial charge in [-0.3, -0.25) is 0 Å². The lowest BCUT2D eigenvalue weighted by atomic mass is 10.4. The number of allylic oxidation sites excluding steroid dienone is 1. The van der Waals surface area contributed by atoms with Crippen LogP contribution in [0.15, 0.2) is 18.5 Å². The third-order valence-electron chi connectivity index (χ3n) is 0.803. The van der Waals surface area contributed by atoms with Crippen LogP contribution in [0.1, 0.15) is 6.92 Å². The molecule has 48 valence electrons. The molecule has 0 aliphatic heterocycles. The Bertz CT molecular complexity index is 189. The van der Waals surface area contributed by atoms with Crippen molar-refractivity contribution < 1.29 is 0 Å². The van der Waals surface area contributed by atoms with Crippen molar-refractivity contribution in [1.82, 2.24) is 20.2 Å². The molecule has 0 aromatic carbocycles. The molecule has 0 aliphatic carbocycles. The van der Waals surface area contributed by atoms with Gasteiger partial charge in [-0.25, -0.2) is 0 Å². The number of nitrogens with zero attached hydrogens (tertiary/aromatic N) is 4. The van der Waals surface area contributed by atoms with Gasteiger partial charge in [0, 0.05) is 0 Å². The van der Waals surface area contributed by atoms with Gasteiger partial charge < -0.3 is 0 Å². The Kier molecular flexibility index (Phi) is 1.58. The molecule has 0 aliphatic rings. The van der Waals surface area contributed by atoms with Gasteiger partial charge in [-0.15, -0.1) is 10.2 Å². The summed E-state index contributed by atoms with van der Waals surface area (Å²) in [7, 11) is 0. The van der Waals surface area contributed by atoms with Crippen LogP contribution in [0, 0.1) is 0 Å². The smallest absolute Gasteiger partial charge is 0.160 e. The maximum atomic E-state index is 3.79. The average molecular weight is 124 g/mol. The maximum absolute atomic E-state index is 3.79. The molecule has 0 unspecified atom stereocenters. The molecule has 1 aromatic heterocycles. The van der Waals surface area contributed by atoms with Crippen molar-refractivity contribution in [2.75, 3.05) is 0 Å². The average Bonchev–Trinajstić information content (AvgIpc) is 2.15. The van der Waals surface area contributed by atoms with Crippen molar-refractivity contribution in [2.24, 2.45) is 0 Å². The van der Waals surface area contributed by atoms with Crippen LogP contribution in [0.25, 0.3) is 0 Å². The molecule has 0 bridgehead atoms. The molecule has 0 atom stereocenters. The van der Waals surface area contributed by atoms with Gasteiger partial charge in [-0.2, -0.15) is 4.80 Å². The monoisotopic (exact) mass is 124 g/mol. The van der Waals surface area contributed by atoms with Crippen LogP contribution in [0.5, 0.6) is 0 Å². The van der Waals surface area contributed by atoms with Crippen LogP contribution in [-0.4, -0.2) is 20.2 Å². The van der Waals surface area contributed by atoms with Crippen LogP contribution < -0.4 is 0 Å². The number of hydrogen-bond donors (Lipinski definition) is 0. The zero-order chi connectivity index (χ0) is 6.69. The summed E-state index contributed by atoms with van der Waals surface area (Å²) >= 11 is 0. The van der Waals surface area contributed by atoms with E-state index in [2.05, 4.69) is 22.0 Å². The van der Waals surface area contributed by atoms with E-state index < -0.39 is 0 Å². The number of tetrazole rings is 1. The van der Waals surface area contributed by atoms with Gasteiger partial charge in [0.15, 0.2) is 6.33 Å². The number of rotatable bonds is 2. The third-order valence-corrected chi connectivity index (χ3v) is 0.803. The van der Waals surface area contributed by atoms with E-state index in [0.29, 0.717) is 6.54 Å². The first-order valence-electron chi connectivity index (χ1n) is 2.64. The van der Waals surface area contributed by atoms with Gasteiger partial charge in [0.25, 0.3) is 0 Å². The summed E-state index contributed by atoms with van der Waals surface area (Å²) in [5.74, 6) is 0. The molecular formula is C5H8N4. The van der Waals surface area contributed by atoms with Crippen molar-refractivity contribution in [3.05, 3.63) is 18.5 Å². The first-order valence-corrected chi connectivity index (χ1v) is 2.64. The molecule has 1 rings (SSSR count). The molecule has 0 spiro atoms. The van der Waals surface area contributed by atoms with Crippen LogP contribution in [0.4, 0.5) is 0 Å². The molecular weight excluding hydrogens is 116 g/mol. The fraction of sp³-hybridized carbons (Fsp3) is 0.400. The van der Waals surface area contributed by atoms with Gasteiger partial charge in [-0.05, 0) is 12.1 Å². The van der Waals surface area contributed by atoms with Gasteiger partial charge in [-0.1, -0.05) is 12.2 Å². The first kappa shape index (κ1) is 5.94. The highest BCUT2D eigenvalue weighted by atomic mass is 15.6. The highest BCUT2D eigenvalue weighted by Crippen LogP contribution is 1.87. The van der Waals surface area contributed by atoms with E-state index >= 15 is 0 Å². The molecule has 0 saturated heterocycles. The summed E-state index contributed by atoms with van der Waals surface area (Å²) in [6.45, 7) is 6.27. The lowest BCUT2D eigenvalue weighted by molar-refractivity contribution is 0.567. The predicted octanol–water partition coefficient (Wildman–Crippen LogP) is 0.249. The van der Waals surface area contributed by atoms with Crippen LogP contribution in [0.3, 0.4) is 0 Å². The fourth-order valence-corrected chi connectivity index (χ4v) is 0.502. The van der Waals surface area contributed by atoms with Gasteiger partial charge in [0.05, 0.1) is 6.54 Å². The van der Waals surface area contributed by atoms with E-state index in [0.717, 1.165) is 5.57 Å². The van der Waals surface area contributed by atoms with E-state index in [1.54, 1.807) is 0 Å². The molecule has 0 radical (unpaired) electrons. The minimum Gasteiger partial charge on any atom is -0.160 e. The molecule has 0 amide bonds. The second-order valence-corrected chi connectivity index (χ2v) is 1.92. The number of hydrogen-bond acceptors (Lipinski definition) is 3. The van der Waals surface area contributed by atoms with Gasteiger partial charge >= 0.3 is 0 Å². The van der Waals surface area contributed by atoms with Gasteiger partial charge in [0.1, 0.15) is 0 Å². The Morgan fingerprint density at radius 2 is 2.56 bits per heavy atom. The quantitative estimate of drug-likeness (QED) is 0.531. The molecule has 1 heterocycles. The highest BCUT2D eigenvalue weighted by molar-refractivity contribution is 4.85. The van der Waals surface area contributed by atoms with Crippen molar-refractivity contribution >= 4 is 0 Å². The molecule has 4 nitrogen and oxygen atoms in total. The predicted molar refractivity (Wildman–Crippen MR) is 32.6 cm³/mol. The summed E-state index contributed by atoms with van der Waals surface area (Å²) in [5, 5.41) is 11.0. The minimum atomic E-state index is 0.653. The summed E-state index contributed by atoms with van der Waals surface area (Å²) in [4.78, 5) is 1.49. The molecule has 4 heteroatoms. The number of aromatic nitrogens is 4. The lowest BCUT2D eigenvalue weighted by Gasteiger charge is -1.93. The Balaban J connectivity index is 2.58. The molecule has 0 N–H and O–H groups in total. The lowest BCUT2D eigenvalue weighted by Crippen LogP contribution is -2.02. The normalized spacial score (nSPS) is 9.44. The maximum Gasteiger partial charge on any atom is 0.162 e. The first-order chi connectivity index (χ1) is 4.29. The van der Waals surface area contributed by atoms with Gasteiger partial charge in [0.2, 0.25) is 0 Å². The molecule has 0 fully saturated rings. The molecule has 9 heavy (non-hydrogen) atoms. The SMILES string of the molecule is C=C(C)Cn1ncnn1. The summed E-state index contributed by atoms with van der Waals surface area (Å²) < 4.78 is 0. The Labute approximate surface area is 53.2 Å². The second-order valence-electron chi connectivity index (χ2n) is 1.92. The highest BCUT2D eigenvalue weighted by Gasteiger charge is 1.89. The molecule has 1 aromatic rings. The zero-order valence-electron chi connectivity index (χ0n) is 5.28. The van der Waals surface area contributed by atoms with E-state index in [9.17, 15) is 0 Å². The summed E-state index contributed by atoms with van der Waals surface area (Å²) in [6.07, 6.45) is 1.41. The summed E-state index contributed by atoms with van der Waals surface area (Å²) in [6, 6.07) is 0. The van der Waals surface area contributed by atoms with E-state index in [-0.39, 0.29) is 0 Å². The van der Waals surface area contributed by atoms with Crippen molar-refractivity contribution in [1.29, 1.82) is 0 Å². The Hall–Kier alpha value is -1.19. The second kappa shape index (κ2) is 2.39. The topological polar surface area (TPSA) is 43.6 Å². The largest absolute Gasteiger partial charge is 0.162 e. The van der Waals surface area contributed by atoms with E-state index in [1.165, 1.54) is 11.1 Å². The standard InChI is InChI=1S/C5H8N4/c1-5(2)3-9-7-4-6-8-9/h4H,1,3H2,2H3. The van der Waals surface area contributed by atoms with Crippen molar-refractivity contribution in [3.63, 3.8) is 0 Å². The van der Waals surface area contributed by atoms with Crippen molar-refractivity contribution in [3.8, 4) is 0 Å². The summed E-state index contributed by atoms with van der Waals surface area (Å²) in [5.41, 5.74) is 1.02. The Morgan fingerprint density at radius 3 is 3.00 bits per heavy atom. The van der Waals surface area contributed by atoms with Crippen molar-refractivity contribution in [2.45, 2.75) is 13.5 Å². The van der Waals surface area contributed by atoms with E-state index in [4.69, 9.17) is 0 Å².